The van der Waals surface area contributed by atoms with E-state index in [4.69, 9.17) is 146 Å². The van der Waals surface area contributed by atoms with Gasteiger partial charge in [-0.2, -0.15) is 0 Å². The maximum absolute atomic E-state index is 8.97. The summed E-state index contributed by atoms with van der Waals surface area (Å²) >= 11 is 0. The zero-order valence-corrected chi connectivity index (χ0v) is 24.7. The zero-order chi connectivity index (χ0) is 36.5. The van der Waals surface area contributed by atoms with Crippen LogP contribution >= 0.6 is 46.9 Å². The van der Waals surface area contributed by atoms with E-state index in [1.165, 1.54) is 0 Å². The second-order valence-electron chi connectivity index (χ2n) is 6.02. The summed E-state index contributed by atoms with van der Waals surface area (Å²) in [5.41, 5.74) is 0. The maximum Gasteiger partial charge on any atom is 0.466 e. The Morgan fingerprint density at radius 1 is 0.214 bits per heavy atom. The summed E-state index contributed by atoms with van der Waals surface area (Å²) < 4.78 is 53.3. The van der Waals surface area contributed by atoms with Gasteiger partial charge in [-0.3, -0.25) is 0 Å². The normalized spacial score (nSPS) is 24.3. The molecule has 36 heteroatoms. The van der Waals surface area contributed by atoms with Crippen LogP contribution in [0.3, 0.4) is 0 Å². The van der Waals surface area contributed by atoms with E-state index in [2.05, 4.69) is 0 Å². The maximum atomic E-state index is 8.97. The van der Waals surface area contributed by atoms with Crippen LogP contribution in [-0.4, -0.2) is 155 Å². The van der Waals surface area contributed by atoms with Gasteiger partial charge in [-0.05, 0) is 0 Å². The Morgan fingerprint density at radius 2 is 0.238 bits per heavy atom. The predicted octanol–water partition coefficient (Wildman–Crippen LogP) is -9.41. The van der Waals surface area contributed by atoms with Gasteiger partial charge < -0.3 is 119 Å². The van der Waals surface area contributed by atoms with Crippen LogP contribution in [0.15, 0.2) is 0 Å². The largest absolute Gasteiger partial charge is 0.466 e. The second kappa shape index (κ2) is 22.8. The van der Waals surface area contributed by atoms with Crippen molar-refractivity contribution in [3.63, 3.8) is 0 Å². The molecule has 1 fully saturated rings. The molecule has 42 heavy (non-hydrogen) atoms. The molecule has 0 amide bonds. The highest BCUT2D eigenvalue weighted by Gasteiger charge is 2.47. The lowest BCUT2D eigenvalue weighted by Crippen LogP contribution is -2.63. The third-order valence-corrected chi connectivity index (χ3v) is 2.10. The molecule has 30 nitrogen and oxygen atoms in total. The molecular weight excluding hydrogens is 738 g/mol. The Kier molecular flexibility index (Phi) is 29.9. The van der Waals surface area contributed by atoms with Crippen molar-refractivity contribution in [3.8, 4) is 0 Å². The number of aliphatic hydroxyl groups excluding tert-OH is 6. The van der Waals surface area contributed by atoms with E-state index in [0.29, 0.717) is 0 Å². The van der Waals surface area contributed by atoms with Gasteiger partial charge in [0.2, 0.25) is 0 Å². The van der Waals surface area contributed by atoms with Gasteiger partial charge >= 0.3 is 46.9 Å². The van der Waals surface area contributed by atoms with E-state index in [9.17, 15) is 0 Å². The Morgan fingerprint density at radius 3 is 0.262 bits per heavy atom. The molecule has 24 N–H and O–H groups in total. The fourth-order valence-electron chi connectivity index (χ4n) is 1.21. The molecule has 1 aliphatic carbocycles. The van der Waals surface area contributed by atoms with E-state index in [1.807, 2.05) is 0 Å². The molecule has 0 aromatic rings. The lowest BCUT2D eigenvalue weighted by molar-refractivity contribution is -0.223. The van der Waals surface area contributed by atoms with E-state index in [-0.39, 0.29) is 0 Å². The van der Waals surface area contributed by atoms with Gasteiger partial charge in [-0.25, -0.2) is 27.4 Å². The number of hydrogen-bond donors (Lipinski definition) is 24. The SMILES string of the molecule is O=P(O)(O)O.O=P(O)(O)O.O=P(O)(O)O.O=P(O)(O)O.O=P(O)(O)O.O=P(O)(O)O.OC1C(O)C(O)C(O)C(O)C1O. The second-order valence-corrected chi connectivity index (χ2v) is 12.2. The van der Waals surface area contributed by atoms with E-state index < -0.39 is 83.6 Å². The molecule has 0 aromatic heterocycles. The third-order valence-electron chi connectivity index (χ3n) is 2.10. The summed E-state index contributed by atoms with van der Waals surface area (Å²) in [6.45, 7) is 0. The number of rotatable bonds is 0. The summed E-state index contributed by atoms with van der Waals surface area (Å²) in [7, 11) is -27.8. The van der Waals surface area contributed by atoms with E-state index >= 15 is 0 Å². The highest BCUT2D eigenvalue weighted by Crippen LogP contribution is 2.28. The number of aliphatic hydroxyl groups is 6. The molecule has 0 unspecified atom stereocenters. The number of phosphoric acid groups is 6. The van der Waals surface area contributed by atoms with Gasteiger partial charge in [-0.1, -0.05) is 0 Å². The fourth-order valence-corrected chi connectivity index (χ4v) is 1.21. The van der Waals surface area contributed by atoms with Crippen molar-refractivity contribution in [2.24, 2.45) is 0 Å². The van der Waals surface area contributed by atoms with E-state index in [0.717, 1.165) is 0 Å². The Bertz CT molecular complexity index is 694. The summed E-state index contributed by atoms with van der Waals surface area (Å²) in [5, 5.41) is 53.8. The van der Waals surface area contributed by atoms with Crippen molar-refractivity contribution >= 4 is 46.9 Å². The molecule has 1 rings (SSSR count). The molecule has 1 aliphatic rings. The molecule has 0 saturated heterocycles. The molecule has 0 spiro atoms. The van der Waals surface area contributed by atoms with Gasteiger partial charge in [0.15, 0.2) is 0 Å². The first-order chi connectivity index (χ1) is 17.5. The first-order valence-corrected chi connectivity index (χ1v) is 17.6. The van der Waals surface area contributed by atoms with Crippen molar-refractivity contribution in [1.29, 1.82) is 0 Å². The van der Waals surface area contributed by atoms with Crippen LogP contribution < -0.4 is 0 Å². The van der Waals surface area contributed by atoms with Crippen molar-refractivity contribution in [3.05, 3.63) is 0 Å². The Labute approximate surface area is 230 Å². The minimum Gasteiger partial charge on any atom is -0.387 e. The van der Waals surface area contributed by atoms with E-state index in [1.54, 1.807) is 0 Å². The van der Waals surface area contributed by atoms with Gasteiger partial charge in [0.05, 0.1) is 0 Å². The summed E-state index contributed by atoms with van der Waals surface area (Å²) in [5.74, 6) is 0. The summed E-state index contributed by atoms with van der Waals surface area (Å²) in [6.07, 6.45) is -9.84. The van der Waals surface area contributed by atoms with Crippen LogP contribution in [-0.2, 0) is 27.4 Å². The Hall–Kier alpha value is 0.420. The summed E-state index contributed by atoms with van der Waals surface area (Å²) in [6, 6.07) is 0. The molecule has 264 valence electrons. The fraction of sp³-hybridized carbons (Fsp3) is 1.00. The van der Waals surface area contributed by atoms with Crippen LogP contribution in [0.25, 0.3) is 0 Å². The average molecular weight is 768 g/mol. The first-order valence-electron chi connectivity index (χ1n) is 8.24. The van der Waals surface area contributed by atoms with Gasteiger partial charge in [0.25, 0.3) is 0 Å². The Balaban J connectivity index is -0.0000000944. The standard InChI is InChI=1S/C6H12O6.6H3O4P/c7-1-2(8)4(10)6(12)5(11)3(1)9;6*1-5(2,3)4/h1-12H;6*(H3,1,2,3,4). The van der Waals surface area contributed by atoms with Crippen LogP contribution in [0.4, 0.5) is 0 Å². The topological polar surface area (TPSA) is 588 Å². The minimum atomic E-state index is -4.64. The lowest BCUT2D eigenvalue weighted by Gasteiger charge is -2.39. The van der Waals surface area contributed by atoms with Crippen molar-refractivity contribution in [2.75, 3.05) is 0 Å². The van der Waals surface area contributed by atoms with Gasteiger partial charge in [0, 0.05) is 0 Å². The van der Waals surface area contributed by atoms with Crippen LogP contribution in [0.1, 0.15) is 0 Å². The van der Waals surface area contributed by atoms with Crippen LogP contribution in [0.2, 0.25) is 0 Å². The molecule has 0 aromatic carbocycles. The number of hydrogen-bond acceptors (Lipinski definition) is 12. The molecule has 0 radical (unpaired) electrons. The first kappa shape index (κ1) is 54.9. The summed E-state index contributed by atoms with van der Waals surface area (Å²) in [4.78, 5) is 129. The zero-order valence-electron chi connectivity index (χ0n) is 19.3. The van der Waals surface area contributed by atoms with Crippen molar-refractivity contribution in [1.82, 2.24) is 0 Å². The smallest absolute Gasteiger partial charge is 0.387 e. The molecule has 1 saturated carbocycles. The monoisotopic (exact) mass is 768 g/mol. The molecule has 0 bridgehead atoms. The quantitative estimate of drug-likeness (QED) is 0.102. The third kappa shape index (κ3) is 105. The molecule has 0 atom stereocenters. The van der Waals surface area contributed by atoms with Crippen molar-refractivity contribution < 1.29 is 146 Å². The predicted molar refractivity (Wildman–Crippen MR) is 122 cm³/mol. The van der Waals surface area contributed by atoms with Crippen LogP contribution in [0, 0.1) is 0 Å². The van der Waals surface area contributed by atoms with Crippen molar-refractivity contribution in [2.45, 2.75) is 36.6 Å². The lowest BCUT2D eigenvalue weighted by atomic mass is 9.85. The van der Waals surface area contributed by atoms with Crippen LogP contribution in [0.5, 0.6) is 0 Å². The highest BCUT2D eigenvalue weighted by atomic mass is 31.2. The molecular formula is C6H30O30P6. The van der Waals surface area contributed by atoms with Gasteiger partial charge in [0.1, 0.15) is 36.6 Å². The molecule has 0 aliphatic heterocycles. The van der Waals surface area contributed by atoms with Gasteiger partial charge in [-0.15, -0.1) is 0 Å². The molecule has 0 heterocycles. The minimum absolute atomic E-state index is 1.64. The highest BCUT2D eigenvalue weighted by molar-refractivity contribution is 7.46. The average Bonchev–Trinajstić information content (AvgIpc) is 2.55.